The van der Waals surface area contributed by atoms with Crippen molar-refractivity contribution in [2.24, 2.45) is 5.92 Å². The lowest BCUT2D eigenvalue weighted by Gasteiger charge is -2.10. The number of nitrogens with zero attached hydrogens (tertiary/aromatic N) is 2. The number of hydrogen-bond donors (Lipinski definition) is 0. The Balaban J connectivity index is 2.00. The summed E-state index contributed by atoms with van der Waals surface area (Å²) in [5.74, 6) is 2.20. The molecule has 90 valence electrons. The van der Waals surface area contributed by atoms with Crippen molar-refractivity contribution in [1.82, 2.24) is 4.98 Å². The second kappa shape index (κ2) is 4.07. The van der Waals surface area contributed by atoms with Gasteiger partial charge < -0.3 is 0 Å². The molecule has 1 saturated heterocycles. The maximum absolute atomic E-state index is 13.1. The van der Waals surface area contributed by atoms with Crippen LogP contribution in [0.25, 0.3) is 10.2 Å². The van der Waals surface area contributed by atoms with Crippen LogP contribution in [0.3, 0.4) is 0 Å². The first-order valence-corrected chi connectivity index (χ1v) is 6.31. The molecule has 1 aromatic heterocycles. The number of thiazole rings is 1. The minimum atomic E-state index is -0.325. The van der Waals surface area contributed by atoms with Crippen LogP contribution < -0.4 is 4.90 Å². The van der Waals surface area contributed by atoms with E-state index >= 15 is 0 Å². The monoisotopic (exact) mass is 260 g/mol. The van der Waals surface area contributed by atoms with E-state index in [2.05, 4.69) is 10.9 Å². The molecule has 1 aromatic carbocycles. The third-order valence-electron chi connectivity index (χ3n) is 2.93. The number of hydrogen-bond acceptors (Lipinski definition) is 3. The standard InChI is InChI=1S/C13H9FN2OS/c1-2-8-5-12(17)16(7-8)13-15-10-6-9(14)3-4-11(10)18-13/h1,3-4,6,8H,5,7H2. The van der Waals surface area contributed by atoms with Crippen molar-refractivity contribution < 1.29 is 9.18 Å². The van der Waals surface area contributed by atoms with Gasteiger partial charge in [-0.3, -0.25) is 9.69 Å². The predicted molar refractivity (Wildman–Crippen MR) is 68.9 cm³/mol. The number of carbonyl (C=O) groups excluding carboxylic acids is 1. The van der Waals surface area contributed by atoms with Gasteiger partial charge in [-0.2, -0.15) is 0 Å². The van der Waals surface area contributed by atoms with E-state index in [0.29, 0.717) is 23.6 Å². The van der Waals surface area contributed by atoms with Crippen molar-refractivity contribution >= 4 is 32.6 Å². The molecule has 1 aliphatic heterocycles. The summed E-state index contributed by atoms with van der Waals surface area (Å²) >= 11 is 1.38. The van der Waals surface area contributed by atoms with E-state index < -0.39 is 0 Å². The molecule has 1 atom stereocenters. The van der Waals surface area contributed by atoms with E-state index in [4.69, 9.17) is 6.42 Å². The van der Waals surface area contributed by atoms with Gasteiger partial charge >= 0.3 is 0 Å². The van der Waals surface area contributed by atoms with E-state index in [1.54, 1.807) is 11.0 Å². The van der Waals surface area contributed by atoms with Crippen LogP contribution in [-0.4, -0.2) is 17.4 Å². The van der Waals surface area contributed by atoms with Gasteiger partial charge in [-0.25, -0.2) is 9.37 Å². The number of aromatic nitrogens is 1. The molecule has 1 unspecified atom stereocenters. The van der Waals surface area contributed by atoms with Crippen molar-refractivity contribution in [3.8, 4) is 12.3 Å². The van der Waals surface area contributed by atoms with Crippen LogP contribution in [0.5, 0.6) is 0 Å². The zero-order chi connectivity index (χ0) is 12.7. The van der Waals surface area contributed by atoms with E-state index in [9.17, 15) is 9.18 Å². The van der Waals surface area contributed by atoms with Crippen LogP contribution in [-0.2, 0) is 4.79 Å². The van der Waals surface area contributed by atoms with Gasteiger partial charge in [0.2, 0.25) is 5.91 Å². The average Bonchev–Trinajstić information content (AvgIpc) is 2.91. The largest absolute Gasteiger partial charge is 0.287 e. The van der Waals surface area contributed by atoms with Gasteiger partial charge in [0.1, 0.15) is 5.82 Å². The molecule has 2 aromatic rings. The molecule has 1 amide bonds. The van der Waals surface area contributed by atoms with Gasteiger partial charge in [-0.05, 0) is 12.1 Å². The average molecular weight is 260 g/mol. The fourth-order valence-corrected chi connectivity index (χ4v) is 2.98. The predicted octanol–water partition coefficient (Wildman–Crippen LogP) is 2.42. The molecular weight excluding hydrogens is 251 g/mol. The summed E-state index contributed by atoms with van der Waals surface area (Å²) in [6.45, 7) is 0.498. The Bertz CT molecular complexity index is 673. The van der Waals surface area contributed by atoms with Gasteiger partial charge in [-0.1, -0.05) is 11.3 Å². The minimum absolute atomic E-state index is 0.0162. The van der Waals surface area contributed by atoms with Crippen molar-refractivity contribution in [1.29, 1.82) is 0 Å². The Morgan fingerprint density at radius 2 is 2.39 bits per heavy atom. The van der Waals surface area contributed by atoms with E-state index in [1.807, 2.05) is 0 Å². The third kappa shape index (κ3) is 1.75. The SMILES string of the molecule is C#CC1CC(=O)N(c2nc3cc(F)ccc3s2)C1. The highest BCUT2D eigenvalue weighted by Crippen LogP contribution is 2.32. The lowest BCUT2D eigenvalue weighted by atomic mass is 10.1. The highest BCUT2D eigenvalue weighted by molar-refractivity contribution is 7.22. The van der Waals surface area contributed by atoms with Crippen molar-refractivity contribution in [2.45, 2.75) is 6.42 Å². The number of fused-ring (bicyclic) bond motifs is 1. The van der Waals surface area contributed by atoms with E-state index in [1.165, 1.54) is 23.5 Å². The van der Waals surface area contributed by atoms with Crippen LogP contribution in [0.4, 0.5) is 9.52 Å². The summed E-state index contributed by atoms with van der Waals surface area (Å²) in [6, 6.07) is 4.43. The lowest BCUT2D eigenvalue weighted by molar-refractivity contribution is -0.117. The van der Waals surface area contributed by atoms with Crippen molar-refractivity contribution in [3.63, 3.8) is 0 Å². The van der Waals surface area contributed by atoms with Crippen molar-refractivity contribution in [2.75, 3.05) is 11.4 Å². The first kappa shape index (κ1) is 11.2. The van der Waals surface area contributed by atoms with Gasteiger partial charge in [0.05, 0.1) is 10.2 Å². The van der Waals surface area contributed by atoms with Gasteiger partial charge in [-0.15, -0.1) is 12.3 Å². The maximum Gasteiger partial charge on any atom is 0.230 e. The molecule has 0 bridgehead atoms. The summed E-state index contributed by atoms with van der Waals surface area (Å²) in [7, 11) is 0. The maximum atomic E-state index is 13.1. The normalized spacial score (nSPS) is 19.4. The fourth-order valence-electron chi connectivity index (χ4n) is 2.01. The Morgan fingerprint density at radius 3 is 3.11 bits per heavy atom. The third-order valence-corrected chi connectivity index (χ3v) is 3.99. The zero-order valence-corrected chi connectivity index (χ0v) is 10.2. The number of amides is 1. The number of halogens is 1. The quantitative estimate of drug-likeness (QED) is 0.738. The molecule has 0 aliphatic carbocycles. The summed E-state index contributed by atoms with van der Waals surface area (Å²) in [5, 5.41) is 0.596. The molecule has 5 heteroatoms. The minimum Gasteiger partial charge on any atom is -0.287 e. The number of anilines is 1. The molecule has 0 spiro atoms. The van der Waals surface area contributed by atoms with Crippen LogP contribution in [0.2, 0.25) is 0 Å². The Kier molecular flexibility index (Phi) is 2.53. The summed E-state index contributed by atoms with van der Waals surface area (Å²) in [5.41, 5.74) is 0.576. The topological polar surface area (TPSA) is 33.2 Å². The summed E-state index contributed by atoms with van der Waals surface area (Å²) < 4.78 is 13.9. The first-order valence-electron chi connectivity index (χ1n) is 5.50. The molecule has 3 nitrogen and oxygen atoms in total. The molecule has 1 aliphatic rings. The molecule has 2 heterocycles. The Hall–Kier alpha value is -1.93. The van der Waals surface area contributed by atoms with Crippen molar-refractivity contribution in [3.05, 3.63) is 24.0 Å². The second-order valence-corrected chi connectivity index (χ2v) is 5.19. The number of benzene rings is 1. The molecule has 0 N–H and O–H groups in total. The van der Waals surface area contributed by atoms with Gasteiger partial charge in [0, 0.05) is 24.9 Å². The molecule has 3 rings (SSSR count). The lowest BCUT2D eigenvalue weighted by Crippen LogP contribution is -2.24. The zero-order valence-electron chi connectivity index (χ0n) is 9.39. The summed E-state index contributed by atoms with van der Waals surface area (Å²) in [6.07, 6.45) is 5.70. The molecule has 1 fully saturated rings. The Labute approximate surface area is 107 Å². The number of terminal acetylenes is 1. The summed E-state index contributed by atoms with van der Waals surface area (Å²) in [4.78, 5) is 17.7. The van der Waals surface area contributed by atoms with Crippen LogP contribution in [0.1, 0.15) is 6.42 Å². The van der Waals surface area contributed by atoms with Crippen LogP contribution >= 0.6 is 11.3 Å². The fraction of sp³-hybridized carbons (Fsp3) is 0.231. The highest BCUT2D eigenvalue weighted by Gasteiger charge is 2.31. The van der Waals surface area contributed by atoms with Crippen LogP contribution in [0.15, 0.2) is 18.2 Å². The second-order valence-electron chi connectivity index (χ2n) is 4.18. The van der Waals surface area contributed by atoms with Gasteiger partial charge in [0.15, 0.2) is 5.13 Å². The number of rotatable bonds is 1. The van der Waals surface area contributed by atoms with Crippen LogP contribution in [0, 0.1) is 24.1 Å². The van der Waals surface area contributed by atoms with Gasteiger partial charge in [0.25, 0.3) is 0 Å². The van der Waals surface area contributed by atoms with E-state index in [-0.39, 0.29) is 17.6 Å². The molecule has 0 saturated carbocycles. The highest BCUT2D eigenvalue weighted by atomic mass is 32.1. The number of carbonyl (C=O) groups is 1. The molecule has 0 radical (unpaired) electrons. The molecule has 18 heavy (non-hydrogen) atoms. The first-order chi connectivity index (χ1) is 8.67. The molecular formula is C13H9FN2OS. The van der Waals surface area contributed by atoms with E-state index in [0.717, 1.165) is 4.70 Å². The Morgan fingerprint density at radius 1 is 1.56 bits per heavy atom. The smallest absolute Gasteiger partial charge is 0.230 e.